The van der Waals surface area contributed by atoms with E-state index in [1.54, 1.807) is 12.1 Å². The molecule has 1 atom stereocenters. The predicted octanol–water partition coefficient (Wildman–Crippen LogP) is 5.92. The Balaban J connectivity index is 1.43. The van der Waals surface area contributed by atoms with Gasteiger partial charge in [-0.05, 0) is 56.8 Å². The fourth-order valence-electron chi connectivity index (χ4n) is 5.64. The van der Waals surface area contributed by atoms with E-state index in [2.05, 4.69) is 51.1 Å². The van der Waals surface area contributed by atoms with Crippen molar-refractivity contribution in [3.63, 3.8) is 0 Å². The molecular weight excluding hydrogens is 594 g/mol. The van der Waals surface area contributed by atoms with Gasteiger partial charge in [0.1, 0.15) is 23.7 Å². The molecule has 0 aliphatic carbocycles. The molecule has 3 aromatic rings. The van der Waals surface area contributed by atoms with Gasteiger partial charge in [0.05, 0.1) is 42.4 Å². The first-order chi connectivity index (χ1) is 21.5. The van der Waals surface area contributed by atoms with Crippen LogP contribution in [0.25, 0.3) is 0 Å². The van der Waals surface area contributed by atoms with E-state index in [9.17, 15) is 22.4 Å². The zero-order chi connectivity index (χ0) is 32.3. The summed E-state index contributed by atoms with van der Waals surface area (Å²) in [5.74, 6) is -0.591. The summed E-state index contributed by atoms with van der Waals surface area (Å²) in [6.45, 7) is 5.38. The molecule has 2 N–H and O–H groups in total. The molecule has 0 saturated carbocycles. The second kappa shape index (κ2) is 13.3. The summed E-state index contributed by atoms with van der Waals surface area (Å²) < 4.78 is 59.9. The number of hydrogen-bond acceptors (Lipinski definition) is 9. The van der Waals surface area contributed by atoms with E-state index in [0.29, 0.717) is 35.4 Å². The van der Waals surface area contributed by atoms with Gasteiger partial charge in [-0.3, -0.25) is 9.63 Å². The third-order valence-electron chi connectivity index (χ3n) is 8.02. The number of anilines is 5. The Hall–Kier alpha value is -4.43. The lowest BCUT2D eigenvalue weighted by Crippen LogP contribution is -2.42. The average molecular weight is 630 g/mol. The highest BCUT2D eigenvalue weighted by Gasteiger charge is 2.37. The van der Waals surface area contributed by atoms with Crippen molar-refractivity contribution in [2.45, 2.75) is 37.5 Å². The van der Waals surface area contributed by atoms with Crippen LogP contribution in [0.4, 0.5) is 46.3 Å². The first-order valence-corrected chi connectivity index (χ1v) is 14.4. The third-order valence-corrected chi connectivity index (χ3v) is 8.02. The Kier molecular flexibility index (Phi) is 9.44. The predicted molar refractivity (Wildman–Crippen MR) is 163 cm³/mol. The number of amides is 1. The molecule has 240 valence electrons. The zero-order valence-electron chi connectivity index (χ0n) is 25.2. The van der Waals surface area contributed by atoms with E-state index in [-0.39, 0.29) is 23.9 Å². The smallest absolute Gasteiger partial charge is 0.419 e. The topological polar surface area (TPSA) is 95.1 Å². The number of ether oxygens (including phenoxy) is 1. The normalized spacial score (nSPS) is 17.5. The van der Waals surface area contributed by atoms with Crippen LogP contribution in [-0.2, 0) is 15.8 Å². The second-order valence-corrected chi connectivity index (χ2v) is 11.0. The Labute approximate surface area is 258 Å². The van der Waals surface area contributed by atoms with Gasteiger partial charge in [-0.2, -0.15) is 13.2 Å². The van der Waals surface area contributed by atoms with Crippen molar-refractivity contribution >= 4 is 34.6 Å². The minimum Gasteiger partial charge on any atom is -0.494 e. The molecule has 14 heteroatoms. The van der Waals surface area contributed by atoms with Crippen molar-refractivity contribution in [1.82, 2.24) is 14.9 Å². The van der Waals surface area contributed by atoms with E-state index < -0.39 is 23.6 Å². The van der Waals surface area contributed by atoms with Gasteiger partial charge < -0.3 is 25.2 Å². The summed E-state index contributed by atoms with van der Waals surface area (Å²) in [6.07, 6.45) is -0.0633. The largest absolute Gasteiger partial charge is 0.494 e. The third kappa shape index (κ3) is 7.12. The Morgan fingerprint density at radius 2 is 1.87 bits per heavy atom. The van der Waals surface area contributed by atoms with Crippen LogP contribution in [0.2, 0.25) is 0 Å². The SMILES string of the molecule is C=CC(=O)Nc1cc(Nc2cc(N3OCC[C@@H]3c3ccc(F)c(C(F)(F)F)c3)ncn2)c(OC)cc1N1CCC(N(C)C)CC1. The standard InChI is InChI=1S/C31H35F4N7O3/c1-5-30(43)39-23-15-24(27(44-4)16-26(23)41-11-8-20(9-12-41)40(2)3)38-28-17-29(37-18-36-28)42-25(10-13-45-42)19-6-7-22(32)21(14-19)31(33,34)35/h5-7,14-18,20,25H,1,8-13H2,2-4H3,(H,39,43)(H,36,37,38)/t25-/m1/s1. The van der Waals surface area contributed by atoms with Gasteiger partial charge in [-0.25, -0.2) is 19.4 Å². The summed E-state index contributed by atoms with van der Waals surface area (Å²) in [5.41, 5.74) is 0.762. The lowest BCUT2D eigenvalue weighted by atomic mass is 10.0. The molecule has 0 radical (unpaired) electrons. The minimum atomic E-state index is -4.84. The van der Waals surface area contributed by atoms with E-state index >= 15 is 0 Å². The molecule has 0 unspecified atom stereocenters. The van der Waals surface area contributed by atoms with Crippen molar-refractivity contribution in [2.24, 2.45) is 0 Å². The first-order valence-electron chi connectivity index (χ1n) is 14.4. The van der Waals surface area contributed by atoms with Gasteiger partial charge in [0, 0.05) is 37.7 Å². The highest BCUT2D eigenvalue weighted by atomic mass is 19.4. The number of alkyl halides is 3. The number of hydrogen-bond donors (Lipinski definition) is 2. The van der Waals surface area contributed by atoms with E-state index in [1.807, 2.05) is 6.07 Å². The van der Waals surface area contributed by atoms with Crippen molar-refractivity contribution in [2.75, 3.05) is 61.5 Å². The van der Waals surface area contributed by atoms with Crippen LogP contribution in [0.1, 0.15) is 36.4 Å². The van der Waals surface area contributed by atoms with Crippen molar-refractivity contribution in [1.29, 1.82) is 0 Å². The second-order valence-electron chi connectivity index (χ2n) is 11.0. The van der Waals surface area contributed by atoms with Crippen molar-refractivity contribution in [3.8, 4) is 5.75 Å². The summed E-state index contributed by atoms with van der Waals surface area (Å²) in [7, 11) is 5.68. The van der Waals surface area contributed by atoms with Crippen LogP contribution in [0.15, 0.2) is 55.4 Å². The minimum absolute atomic E-state index is 0.226. The number of aromatic nitrogens is 2. The van der Waals surface area contributed by atoms with Crippen molar-refractivity contribution < 1.29 is 31.9 Å². The molecule has 3 heterocycles. The first kappa shape index (κ1) is 32.0. The highest BCUT2D eigenvalue weighted by Crippen LogP contribution is 2.41. The maximum Gasteiger partial charge on any atom is 0.419 e. The van der Waals surface area contributed by atoms with Gasteiger partial charge >= 0.3 is 6.18 Å². The summed E-state index contributed by atoms with van der Waals surface area (Å²) in [5, 5.41) is 7.50. The molecule has 2 saturated heterocycles. The number of carbonyl (C=O) groups excluding carboxylic acids is 1. The zero-order valence-corrected chi connectivity index (χ0v) is 25.2. The summed E-state index contributed by atoms with van der Waals surface area (Å²) in [4.78, 5) is 31.1. The number of benzene rings is 2. The number of nitrogens with zero attached hydrogens (tertiary/aromatic N) is 5. The van der Waals surface area contributed by atoms with Crippen LogP contribution < -0.4 is 25.3 Å². The number of hydroxylamine groups is 1. The van der Waals surface area contributed by atoms with Crippen LogP contribution in [0.3, 0.4) is 0 Å². The van der Waals surface area contributed by atoms with E-state index in [4.69, 9.17) is 9.57 Å². The number of piperidine rings is 1. The summed E-state index contributed by atoms with van der Waals surface area (Å²) in [6, 6.07) is 7.94. The maximum atomic E-state index is 14.0. The van der Waals surface area contributed by atoms with Gasteiger partial charge in [-0.15, -0.1) is 0 Å². The fourth-order valence-corrected chi connectivity index (χ4v) is 5.64. The molecule has 2 aromatic carbocycles. The molecule has 2 aliphatic heterocycles. The van der Waals surface area contributed by atoms with Crippen LogP contribution >= 0.6 is 0 Å². The van der Waals surface area contributed by atoms with E-state index in [1.165, 1.54) is 30.6 Å². The van der Waals surface area contributed by atoms with Gasteiger partial charge in [0.2, 0.25) is 5.91 Å². The Morgan fingerprint density at radius 3 is 2.53 bits per heavy atom. The van der Waals surface area contributed by atoms with Gasteiger partial charge in [0.15, 0.2) is 5.82 Å². The van der Waals surface area contributed by atoms with Crippen molar-refractivity contribution in [3.05, 3.63) is 72.3 Å². The molecule has 2 fully saturated rings. The number of methoxy groups -OCH3 is 1. The molecular formula is C31H35F4N7O3. The number of nitrogens with one attached hydrogen (secondary N) is 2. The quantitative estimate of drug-likeness (QED) is 0.221. The molecule has 0 spiro atoms. The molecule has 2 aliphatic rings. The molecule has 10 nitrogen and oxygen atoms in total. The molecule has 5 rings (SSSR count). The van der Waals surface area contributed by atoms with E-state index in [0.717, 1.165) is 43.8 Å². The number of rotatable bonds is 9. The maximum absolute atomic E-state index is 14.0. The highest BCUT2D eigenvalue weighted by molar-refractivity contribution is 6.02. The van der Waals surface area contributed by atoms with Crippen LogP contribution in [-0.4, -0.2) is 67.7 Å². The average Bonchev–Trinajstić information content (AvgIpc) is 3.51. The monoisotopic (exact) mass is 629 g/mol. The molecule has 1 amide bonds. The Morgan fingerprint density at radius 1 is 1.11 bits per heavy atom. The lowest BCUT2D eigenvalue weighted by molar-refractivity contribution is -0.140. The number of halogens is 4. The van der Waals surface area contributed by atoms with Crippen LogP contribution in [0, 0.1) is 5.82 Å². The molecule has 45 heavy (non-hydrogen) atoms. The molecule has 0 bridgehead atoms. The molecule has 1 aromatic heterocycles. The van der Waals surface area contributed by atoms with Crippen LogP contribution in [0.5, 0.6) is 5.75 Å². The fraction of sp³-hybridized carbons (Fsp3) is 0.387. The lowest BCUT2D eigenvalue weighted by Gasteiger charge is -2.37. The Bertz CT molecular complexity index is 1540. The number of carbonyl (C=O) groups is 1. The van der Waals surface area contributed by atoms with Gasteiger partial charge in [0.25, 0.3) is 0 Å². The van der Waals surface area contributed by atoms with Gasteiger partial charge in [-0.1, -0.05) is 12.6 Å². The summed E-state index contributed by atoms with van der Waals surface area (Å²) >= 11 is 0.